The van der Waals surface area contributed by atoms with Crippen molar-refractivity contribution in [2.75, 3.05) is 18.6 Å². The summed E-state index contributed by atoms with van der Waals surface area (Å²) in [6.45, 7) is 4.60. The van der Waals surface area contributed by atoms with Gasteiger partial charge in [-0.15, -0.1) is 0 Å². The van der Waals surface area contributed by atoms with Gasteiger partial charge in [-0.3, -0.25) is 14.5 Å². The highest BCUT2D eigenvalue weighted by Crippen LogP contribution is 2.44. The van der Waals surface area contributed by atoms with Gasteiger partial charge in [-0.2, -0.15) is 0 Å². The van der Waals surface area contributed by atoms with Crippen LogP contribution in [0, 0.1) is 0 Å². The van der Waals surface area contributed by atoms with Crippen molar-refractivity contribution in [3.63, 3.8) is 0 Å². The molecule has 6 nitrogen and oxygen atoms in total. The lowest BCUT2D eigenvalue weighted by Crippen LogP contribution is -2.78. The Labute approximate surface area is 139 Å². The monoisotopic (exact) mass is 337 g/mol. The van der Waals surface area contributed by atoms with E-state index in [4.69, 9.17) is 14.2 Å². The van der Waals surface area contributed by atoms with Crippen LogP contribution in [0.15, 0.2) is 24.3 Å². The number of alkyl halides is 1. The lowest BCUT2D eigenvalue weighted by molar-refractivity contribution is -0.168. The Morgan fingerprint density at radius 3 is 2.42 bits per heavy atom. The minimum Gasteiger partial charge on any atom is -0.497 e. The molecule has 24 heavy (non-hydrogen) atoms. The summed E-state index contributed by atoms with van der Waals surface area (Å²) in [6, 6.07) is 5.57. The summed E-state index contributed by atoms with van der Waals surface area (Å²) in [5.41, 5.74) is -2.11. The van der Waals surface area contributed by atoms with Crippen molar-refractivity contribution in [3.05, 3.63) is 24.3 Å². The highest BCUT2D eigenvalue weighted by molar-refractivity contribution is 6.22. The van der Waals surface area contributed by atoms with E-state index in [-0.39, 0.29) is 6.61 Å². The second kappa shape index (κ2) is 5.53. The quantitative estimate of drug-likeness (QED) is 0.620. The van der Waals surface area contributed by atoms with Crippen molar-refractivity contribution < 1.29 is 28.2 Å². The smallest absolute Gasteiger partial charge is 0.275 e. The molecule has 0 aliphatic carbocycles. The first-order chi connectivity index (χ1) is 11.2. The fourth-order valence-electron chi connectivity index (χ4n) is 3.21. The van der Waals surface area contributed by atoms with Crippen LogP contribution in [0.25, 0.3) is 0 Å². The number of Topliss-reactive ketones (excluding diaryl/α,β-unsaturated/α-hetero) is 1. The van der Waals surface area contributed by atoms with Crippen molar-refractivity contribution in [1.82, 2.24) is 0 Å². The van der Waals surface area contributed by atoms with Gasteiger partial charge in [0.25, 0.3) is 11.6 Å². The van der Waals surface area contributed by atoms with Gasteiger partial charge in [0.05, 0.1) is 13.7 Å². The van der Waals surface area contributed by atoms with Crippen LogP contribution in [-0.2, 0) is 19.1 Å². The third kappa shape index (κ3) is 2.39. The molecule has 1 aromatic carbocycles. The van der Waals surface area contributed by atoms with Crippen molar-refractivity contribution in [3.8, 4) is 5.75 Å². The Hall–Kier alpha value is -1.99. The number of carbonyl (C=O) groups excluding carboxylic acids is 2. The zero-order valence-corrected chi connectivity index (χ0v) is 14.0. The summed E-state index contributed by atoms with van der Waals surface area (Å²) in [6.07, 6.45) is -0.728. The maximum Gasteiger partial charge on any atom is 0.275 e. The van der Waals surface area contributed by atoms with Crippen LogP contribution >= 0.6 is 0 Å². The van der Waals surface area contributed by atoms with Gasteiger partial charge in [0.15, 0.2) is 11.6 Å². The van der Waals surface area contributed by atoms with Gasteiger partial charge in [-0.1, -0.05) is 0 Å². The van der Waals surface area contributed by atoms with Crippen molar-refractivity contribution in [1.29, 1.82) is 0 Å². The van der Waals surface area contributed by atoms with E-state index in [9.17, 15) is 9.59 Å². The van der Waals surface area contributed by atoms with E-state index >= 15 is 4.39 Å². The average molecular weight is 337 g/mol. The molecule has 0 spiro atoms. The van der Waals surface area contributed by atoms with E-state index in [2.05, 4.69) is 0 Å². The first-order valence-corrected chi connectivity index (χ1v) is 7.70. The second-order valence-electron chi connectivity index (χ2n) is 6.45. The van der Waals surface area contributed by atoms with Crippen LogP contribution in [0.3, 0.4) is 0 Å². The Balaban J connectivity index is 1.95. The van der Waals surface area contributed by atoms with E-state index in [1.807, 2.05) is 0 Å². The zero-order valence-electron chi connectivity index (χ0n) is 14.0. The third-order valence-electron chi connectivity index (χ3n) is 4.46. The molecule has 2 saturated heterocycles. The second-order valence-corrected chi connectivity index (χ2v) is 6.45. The van der Waals surface area contributed by atoms with Crippen LogP contribution in [-0.4, -0.2) is 49.0 Å². The number of halogens is 1. The predicted octanol–water partition coefficient (Wildman–Crippen LogP) is 1.86. The molecule has 0 saturated carbocycles. The molecule has 2 aliphatic heterocycles. The Bertz CT molecular complexity index is 674. The number of benzene rings is 1. The molecule has 7 heteroatoms. The summed E-state index contributed by atoms with van der Waals surface area (Å²) in [5, 5.41) is 0. The molecular weight excluding hydrogens is 317 g/mol. The summed E-state index contributed by atoms with van der Waals surface area (Å²) in [5.74, 6) is -1.97. The lowest BCUT2D eigenvalue weighted by atomic mass is 9.77. The number of hydrogen-bond donors (Lipinski definition) is 0. The largest absolute Gasteiger partial charge is 0.497 e. The van der Waals surface area contributed by atoms with Crippen molar-refractivity contribution >= 4 is 17.4 Å². The first kappa shape index (κ1) is 16.9. The molecule has 0 radical (unpaired) electrons. The molecule has 2 fully saturated rings. The van der Waals surface area contributed by atoms with E-state index in [0.717, 1.165) is 6.92 Å². The fourth-order valence-corrected chi connectivity index (χ4v) is 3.21. The van der Waals surface area contributed by atoms with Gasteiger partial charge < -0.3 is 14.2 Å². The van der Waals surface area contributed by atoms with E-state index in [1.165, 1.54) is 12.0 Å². The molecule has 1 amide bonds. The number of hydrogen-bond acceptors (Lipinski definition) is 5. The highest BCUT2D eigenvalue weighted by atomic mass is 19.1. The van der Waals surface area contributed by atoms with Crippen LogP contribution in [0.1, 0.15) is 20.8 Å². The number of rotatable bonds is 4. The summed E-state index contributed by atoms with van der Waals surface area (Å²) in [7, 11) is 1.53. The number of anilines is 1. The maximum absolute atomic E-state index is 15.2. The molecular formula is C17H20FNO5. The minimum absolute atomic E-state index is 0.108. The lowest BCUT2D eigenvalue weighted by Gasteiger charge is -2.51. The van der Waals surface area contributed by atoms with E-state index < -0.39 is 35.3 Å². The van der Waals surface area contributed by atoms with Crippen LogP contribution in [0.4, 0.5) is 10.1 Å². The molecule has 2 aliphatic rings. The molecule has 2 heterocycles. The summed E-state index contributed by atoms with van der Waals surface area (Å²) >= 11 is 0. The molecule has 0 aromatic heterocycles. The fraction of sp³-hybridized carbons (Fsp3) is 0.529. The molecule has 3 rings (SSSR count). The van der Waals surface area contributed by atoms with Crippen LogP contribution in [0.2, 0.25) is 0 Å². The number of amides is 1. The SMILES string of the molecule is COc1ccc(N2C(=O)[C@@](F)(C(C)=O)[C@@H]2[C@H]2COC(C)(C)O2)cc1. The zero-order chi connectivity index (χ0) is 17.7. The molecule has 3 atom stereocenters. The van der Waals surface area contributed by atoms with Crippen LogP contribution < -0.4 is 9.64 Å². The first-order valence-electron chi connectivity index (χ1n) is 7.70. The average Bonchev–Trinajstić information content (AvgIpc) is 2.90. The number of methoxy groups -OCH3 is 1. The number of ether oxygens (including phenoxy) is 3. The number of carbonyl (C=O) groups is 2. The van der Waals surface area contributed by atoms with Gasteiger partial charge in [0, 0.05) is 5.69 Å². The standard InChI is InChI=1S/C17H20FNO5/c1-10(20)17(18)14(13-9-23-16(2,3)24-13)19(15(17)21)11-5-7-12(22-4)8-6-11/h5-8,13-14H,9H2,1-4H3/t13-,14+,17-/m1/s1. The molecule has 1 aromatic rings. The van der Waals surface area contributed by atoms with E-state index in [1.54, 1.807) is 38.1 Å². The highest BCUT2D eigenvalue weighted by Gasteiger charge is 2.69. The van der Waals surface area contributed by atoms with Crippen molar-refractivity contribution in [2.45, 2.75) is 44.4 Å². The molecule has 0 bridgehead atoms. The van der Waals surface area contributed by atoms with Gasteiger partial charge in [-0.05, 0) is 45.0 Å². The van der Waals surface area contributed by atoms with Gasteiger partial charge >= 0.3 is 0 Å². The minimum atomic E-state index is -2.59. The van der Waals surface area contributed by atoms with Gasteiger partial charge in [0.1, 0.15) is 17.9 Å². The molecule has 0 N–H and O–H groups in total. The topological polar surface area (TPSA) is 65.1 Å². The Morgan fingerprint density at radius 1 is 1.33 bits per heavy atom. The van der Waals surface area contributed by atoms with Crippen molar-refractivity contribution in [2.24, 2.45) is 0 Å². The summed E-state index contributed by atoms with van der Waals surface area (Å²) < 4.78 is 31.4. The Morgan fingerprint density at radius 2 is 1.96 bits per heavy atom. The number of ketones is 1. The number of β-lactam (4-membered cyclic amide) rings is 1. The Kier molecular flexibility index (Phi) is 3.88. The van der Waals surface area contributed by atoms with Crippen LogP contribution in [0.5, 0.6) is 5.75 Å². The molecule has 0 unspecified atom stereocenters. The van der Waals surface area contributed by atoms with Gasteiger partial charge in [0.2, 0.25) is 0 Å². The maximum atomic E-state index is 15.2. The summed E-state index contributed by atoms with van der Waals surface area (Å²) in [4.78, 5) is 25.5. The number of nitrogens with zero attached hydrogens (tertiary/aromatic N) is 1. The van der Waals surface area contributed by atoms with E-state index in [0.29, 0.717) is 11.4 Å². The third-order valence-corrected chi connectivity index (χ3v) is 4.46. The van der Waals surface area contributed by atoms with Gasteiger partial charge in [-0.25, -0.2) is 4.39 Å². The molecule has 130 valence electrons. The predicted molar refractivity (Wildman–Crippen MR) is 83.7 cm³/mol. The normalized spacial score (nSPS) is 31.7.